The maximum atomic E-state index is 13.8. The molecule has 10 heteroatoms. The van der Waals surface area contributed by atoms with Gasteiger partial charge in [-0.25, -0.2) is 9.82 Å². The van der Waals surface area contributed by atoms with Crippen molar-refractivity contribution in [2.24, 2.45) is 5.10 Å². The highest BCUT2D eigenvalue weighted by Gasteiger charge is 2.35. The Hall–Kier alpha value is -4.34. The molecule has 1 aliphatic carbocycles. The zero-order valence-electron chi connectivity index (χ0n) is 20.4. The summed E-state index contributed by atoms with van der Waals surface area (Å²) < 4.78 is 19.9. The van der Waals surface area contributed by atoms with Crippen LogP contribution < -0.4 is 10.3 Å². The molecule has 2 amide bonds. The Morgan fingerprint density at radius 3 is 2.78 bits per heavy atom. The van der Waals surface area contributed by atoms with E-state index in [4.69, 9.17) is 4.42 Å². The molecule has 0 saturated carbocycles. The minimum absolute atomic E-state index is 0.0886. The number of hydrazone groups is 1. The predicted molar refractivity (Wildman–Crippen MR) is 134 cm³/mol. The molecule has 1 unspecified atom stereocenters. The van der Waals surface area contributed by atoms with E-state index in [1.165, 1.54) is 36.4 Å². The molecule has 0 spiro atoms. The molecular formula is C27H25FN4O5. The molecule has 1 N–H and O–H groups in total. The highest BCUT2D eigenvalue weighted by Crippen LogP contribution is 2.36. The van der Waals surface area contributed by atoms with Gasteiger partial charge in [0.15, 0.2) is 5.76 Å². The van der Waals surface area contributed by atoms with Gasteiger partial charge in [0.25, 0.3) is 17.5 Å². The van der Waals surface area contributed by atoms with Gasteiger partial charge >= 0.3 is 0 Å². The third kappa shape index (κ3) is 4.50. The molecule has 1 aliphatic heterocycles. The van der Waals surface area contributed by atoms with Crippen molar-refractivity contribution >= 4 is 28.9 Å². The Labute approximate surface area is 212 Å². The van der Waals surface area contributed by atoms with Gasteiger partial charge in [0.05, 0.1) is 10.6 Å². The van der Waals surface area contributed by atoms with E-state index in [1.807, 2.05) is 6.92 Å². The zero-order valence-corrected chi connectivity index (χ0v) is 20.4. The summed E-state index contributed by atoms with van der Waals surface area (Å²) in [4.78, 5) is 38.4. The van der Waals surface area contributed by atoms with Crippen LogP contribution in [0.5, 0.6) is 0 Å². The number of fused-ring (bicyclic) bond motifs is 2. The van der Waals surface area contributed by atoms with Crippen molar-refractivity contribution in [1.82, 2.24) is 5.43 Å². The molecule has 0 bridgehead atoms. The van der Waals surface area contributed by atoms with E-state index in [9.17, 15) is 24.1 Å². The fourth-order valence-corrected chi connectivity index (χ4v) is 5.07. The normalized spacial score (nSPS) is 17.8. The molecule has 3 aromatic rings. The summed E-state index contributed by atoms with van der Waals surface area (Å²) in [7, 11) is 0. The summed E-state index contributed by atoms with van der Waals surface area (Å²) in [6.45, 7) is 3.75. The molecule has 2 aromatic carbocycles. The Kier molecular flexibility index (Phi) is 6.32. The number of carbonyl (C=O) groups excluding carboxylic acids is 2. The van der Waals surface area contributed by atoms with Crippen molar-refractivity contribution in [2.45, 2.75) is 52.0 Å². The van der Waals surface area contributed by atoms with Crippen molar-refractivity contribution < 1.29 is 23.3 Å². The summed E-state index contributed by atoms with van der Waals surface area (Å²) in [5.74, 6) is -0.384. The first-order chi connectivity index (χ1) is 17.7. The maximum absolute atomic E-state index is 13.8. The van der Waals surface area contributed by atoms with E-state index < -0.39 is 10.8 Å². The number of nitro groups is 1. The monoisotopic (exact) mass is 504 g/mol. The van der Waals surface area contributed by atoms with E-state index in [-0.39, 0.29) is 34.8 Å². The number of nitrogens with zero attached hydrogens (tertiary/aromatic N) is 3. The highest BCUT2D eigenvalue weighted by atomic mass is 19.1. The standard InChI is InChI=1S/C27H25FN4O5/c1-15-9-10-17-13-19(28)11-12-22(17)31(15)27(34)25-16(2)24-21(7-4-8-23(24)37-25)29-30-26(33)18-5-3-6-20(14-18)32(35)36/h3,5-6,11-15H,4,7-10H2,1-2H3,(H,30,33)/b29-21+. The number of hydrogen-bond acceptors (Lipinski definition) is 6. The lowest BCUT2D eigenvalue weighted by atomic mass is 9.92. The van der Waals surface area contributed by atoms with Gasteiger partial charge in [-0.3, -0.25) is 19.7 Å². The van der Waals surface area contributed by atoms with Crippen LogP contribution in [0.4, 0.5) is 15.8 Å². The minimum atomic E-state index is -0.577. The summed E-state index contributed by atoms with van der Waals surface area (Å²) >= 11 is 0. The zero-order chi connectivity index (χ0) is 26.3. The molecule has 37 heavy (non-hydrogen) atoms. The third-order valence-corrected chi connectivity index (χ3v) is 6.92. The minimum Gasteiger partial charge on any atom is -0.455 e. The Morgan fingerprint density at radius 1 is 1.19 bits per heavy atom. The molecule has 1 aromatic heterocycles. The van der Waals surface area contributed by atoms with Crippen LogP contribution in [0.2, 0.25) is 0 Å². The van der Waals surface area contributed by atoms with E-state index in [2.05, 4.69) is 10.5 Å². The first kappa shape index (κ1) is 24.4. The molecule has 2 aliphatic rings. The van der Waals surface area contributed by atoms with Crippen LogP contribution in [0.3, 0.4) is 0 Å². The van der Waals surface area contributed by atoms with Crippen LogP contribution in [0, 0.1) is 22.9 Å². The SMILES string of the molecule is Cc1c(C(=O)N2c3ccc(F)cc3CCC2C)oc2c1/C(=N/NC(=O)c1cccc([N+](=O)[O-])c1)CCC2. The van der Waals surface area contributed by atoms with Gasteiger partial charge in [-0.15, -0.1) is 0 Å². The number of hydrogen-bond donors (Lipinski definition) is 1. The smallest absolute Gasteiger partial charge is 0.294 e. The average Bonchev–Trinajstić information content (AvgIpc) is 3.24. The number of non-ortho nitro benzene ring substituents is 1. The maximum Gasteiger partial charge on any atom is 0.294 e. The second-order valence-corrected chi connectivity index (χ2v) is 9.35. The summed E-state index contributed by atoms with van der Waals surface area (Å²) in [5.41, 5.74) is 5.77. The first-order valence-electron chi connectivity index (χ1n) is 12.1. The number of nitro benzene ring substituents is 1. The Morgan fingerprint density at radius 2 is 2.00 bits per heavy atom. The first-order valence-corrected chi connectivity index (χ1v) is 12.1. The van der Waals surface area contributed by atoms with Crippen molar-refractivity contribution in [3.05, 3.63) is 92.2 Å². The average molecular weight is 505 g/mol. The number of benzene rings is 2. The van der Waals surface area contributed by atoms with E-state index >= 15 is 0 Å². The van der Waals surface area contributed by atoms with Crippen molar-refractivity contribution in [2.75, 3.05) is 4.90 Å². The fraction of sp³-hybridized carbons (Fsp3) is 0.296. The molecule has 2 heterocycles. The largest absolute Gasteiger partial charge is 0.455 e. The lowest BCUT2D eigenvalue weighted by Gasteiger charge is -2.34. The van der Waals surface area contributed by atoms with E-state index in [0.29, 0.717) is 54.0 Å². The van der Waals surface area contributed by atoms with Crippen LogP contribution in [0.15, 0.2) is 52.0 Å². The molecule has 0 saturated heterocycles. The van der Waals surface area contributed by atoms with Gasteiger partial charge in [0.2, 0.25) is 0 Å². The Bertz CT molecular complexity index is 1460. The van der Waals surface area contributed by atoms with Gasteiger partial charge in [0, 0.05) is 47.0 Å². The van der Waals surface area contributed by atoms with Gasteiger partial charge < -0.3 is 9.32 Å². The predicted octanol–water partition coefficient (Wildman–Crippen LogP) is 5.09. The van der Waals surface area contributed by atoms with E-state index in [0.717, 1.165) is 12.0 Å². The molecule has 5 rings (SSSR count). The van der Waals surface area contributed by atoms with Crippen LogP contribution in [0.25, 0.3) is 0 Å². The van der Waals surface area contributed by atoms with Crippen LogP contribution in [-0.4, -0.2) is 28.5 Å². The molecule has 0 fully saturated rings. The van der Waals surface area contributed by atoms with Gasteiger partial charge in [-0.2, -0.15) is 5.10 Å². The third-order valence-electron chi connectivity index (χ3n) is 6.92. The van der Waals surface area contributed by atoms with Crippen molar-refractivity contribution in [3.63, 3.8) is 0 Å². The van der Waals surface area contributed by atoms with Crippen molar-refractivity contribution in [1.29, 1.82) is 0 Å². The molecule has 9 nitrogen and oxygen atoms in total. The summed E-state index contributed by atoms with van der Waals surface area (Å²) in [6.07, 6.45) is 3.31. The topological polar surface area (TPSA) is 118 Å². The number of aryl methyl sites for hydroxylation is 2. The molecule has 0 radical (unpaired) electrons. The van der Waals surface area contributed by atoms with Gasteiger partial charge in [-0.1, -0.05) is 6.07 Å². The number of carbonyl (C=O) groups is 2. The van der Waals surface area contributed by atoms with Crippen molar-refractivity contribution in [3.8, 4) is 0 Å². The van der Waals surface area contributed by atoms with Gasteiger partial charge in [-0.05, 0) is 69.4 Å². The summed E-state index contributed by atoms with van der Waals surface area (Å²) in [5, 5.41) is 15.3. The Balaban J connectivity index is 1.44. The van der Waals surface area contributed by atoms with Crippen LogP contribution in [-0.2, 0) is 12.8 Å². The number of halogens is 1. The number of rotatable bonds is 4. The lowest BCUT2D eigenvalue weighted by Crippen LogP contribution is -2.42. The summed E-state index contributed by atoms with van der Waals surface area (Å²) in [6, 6.07) is 9.76. The number of amides is 2. The van der Waals surface area contributed by atoms with Gasteiger partial charge in [0.1, 0.15) is 11.6 Å². The quantitative estimate of drug-likeness (QED) is 0.392. The second-order valence-electron chi connectivity index (χ2n) is 9.35. The second kappa shape index (κ2) is 9.61. The molecular weight excluding hydrogens is 479 g/mol. The van der Waals surface area contributed by atoms with Crippen LogP contribution >= 0.6 is 0 Å². The molecule has 1 atom stereocenters. The number of anilines is 1. The van der Waals surface area contributed by atoms with E-state index in [1.54, 1.807) is 17.9 Å². The lowest BCUT2D eigenvalue weighted by molar-refractivity contribution is -0.384. The highest BCUT2D eigenvalue weighted by molar-refractivity contribution is 6.11. The number of furan rings is 1. The van der Waals surface area contributed by atoms with Crippen LogP contribution in [0.1, 0.15) is 69.5 Å². The molecule has 190 valence electrons. The fourth-order valence-electron chi connectivity index (χ4n) is 5.07. The number of nitrogens with one attached hydrogen (secondary N) is 1.